The molecule has 1 aromatic rings. The van der Waals surface area contributed by atoms with Gasteiger partial charge in [-0.25, -0.2) is 0 Å². The molecule has 1 aromatic carbocycles. The van der Waals surface area contributed by atoms with Crippen LogP contribution in [0.4, 0.5) is 0 Å². The molecule has 2 N–H and O–H groups in total. The number of benzene rings is 1. The second-order valence-electron chi connectivity index (χ2n) is 3.55. The van der Waals surface area contributed by atoms with Gasteiger partial charge in [0, 0.05) is 0 Å². The molecule has 0 bridgehead atoms. The summed E-state index contributed by atoms with van der Waals surface area (Å²) in [5, 5.41) is 0. The monoisotopic (exact) mass is 259 g/mol. The Morgan fingerprint density at radius 2 is 1.80 bits per heavy atom. The lowest BCUT2D eigenvalue weighted by atomic mass is 9.96. The van der Waals surface area contributed by atoms with Crippen molar-refractivity contribution in [3.63, 3.8) is 0 Å². The normalized spacial score (nSPS) is 13.9. The van der Waals surface area contributed by atoms with E-state index in [0.29, 0.717) is 6.54 Å². The summed E-state index contributed by atoms with van der Waals surface area (Å²) in [4.78, 5) is 0. The minimum Gasteiger partial charge on any atom is -0.330 e. The van der Waals surface area contributed by atoms with Gasteiger partial charge in [0.05, 0.1) is 4.08 Å². The fourth-order valence-electron chi connectivity index (χ4n) is 1.54. The minimum atomic E-state index is -0.456. The molecule has 1 rings (SSSR count). The SMILES string of the molecule is NCCC(CS)C(S)(S)c1ccccc1. The van der Waals surface area contributed by atoms with E-state index in [0.717, 1.165) is 17.7 Å². The van der Waals surface area contributed by atoms with Crippen molar-refractivity contribution in [2.75, 3.05) is 12.3 Å². The van der Waals surface area contributed by atoms with Gasteiger partial charge < -0.3 is 5.73 Å². The van der Waals surface area contributed by atoms with E-state index in [1.54, 1.807) is 0 Å². The van der Waals surface area contributed by atoms with Crippen LogP contribution < -0.4 is 5.73 Å². The molecule has 1 nitrogen and oxygen atoms in total. The molecule has 0 saturated heterocycles. The highest BCUT2D eigenvalue weighted by Gasteiger charge is 2.31. The fourth-order valence-corrected chi connectivity index (χ4v) is 3.02. The molecule has 0 saturated carbocycles. The maximum Gasteiger partial charge on any atom is 0.0838 e. The van der Waals surface area contributed by atoms with E-state index in [2.05, 4.69) is 37.9 Å². The second kappa shape index (κ2) is 6.09. The topological polar surface area (TPSA) is 26.0 Å². The van der Waals surface area contributed by atoms with Crippen molar-refractivity contribution >= 4 is 37.9 Å². The molecule has 0 amide bonds. The largest absolute Gasteiger partial charge is 0.330 e. The first-order valence-electron chi connectivity index (χ1n) is 4.94. The van der Waals surface area contributed by atoms with Gasteiger partial charge in [-0.2, -0.15) is 37.9 Å². The zero-order chi connectivity index (χ0) is 11.3. The van der Waals surface area contributed by atoms with Crippen LogP contribution in [0.3, 0.4) is 0 Å². The third-order valence-corrected chi connectivity index (χ3v) is 4.19. The van der Waals surface area contributed by atoms with E-state index in [-0.39, 0.29) is 5.92 Å². The Kier molecular flexibility index (Phi) is 5.39. The summed E-state index contributed by atoms with van der Waals surface area (Å²) in [5.74, 6) is 0.999. The van der Waals surface area contributed by atoms with Gasteiger partial charge in [-0.05, 0) is 30.2 Å². The van der Waals surface area contributed by atoms with Crippen molar-refractivity contribution in [3.8, 4) is 0 Å². The summed E-state index contributed by atoms with van der Waals surface area (Å²) in [7, 11) is 0. The summed E-state index contributed by atoms with van der Waals surface area (Å²) in [6, 6.07) is 10.0. The van der Waals surface area contributed by atoms with Crippen LogP contribution in [-0.2, 0) is 4.08 Å². The lowest BCUT2D eigenvalue weighted by molar-refractivity contribution is 0.513. The van der Waals surface area contributed by atoms with Gasteiger partial charge in [-0.15, -0.1) is 0 Å². The van der Waals surface area contributed by atoms with E-state index in [1.165, 1.54) is 0 Å². The van der Waals surface area contributed by atoms with Crippen molar-refractivity contribution in [1.29, 1.82) is 0 Å². The van der Waals surface area contributed by atoms with Gasteiger partial charge in [0.25, 0.3) is 0 Å². The Labute approximate surface area is 108 Å². The van der Waals surface area contributed by atoms with Crippen molar-refractivity contribution in [3.05, 3.63) is 35.9 Å². The van der Waals surface area contributed by atoms with E-state index < -0.39 is 4.08 Å². The molecular formula is C11H17NS3. The molecular weight excluding hydrogens is 242 g/mol. The predicted molar refractivity (Wildman–Crippen MR) is 77.1 cm³/mol. The van der Waals surface area contributed by atoms with Gasteiger partial charge in [-0.1, -0.05) is 30.3 Å². The van der Waals surface area contributed by atoms with Gasteiger partial charge in [0.1, 0.15) is 0 Å². The van der Waals surface area contributed by atoms with Gasteiger partial charge >= 0.3 is 0 Å². The van der Waals surface area contributed by atoms with Crippen molar-refractivity contribution in [2.45, 2.75) is 10.5 Å². The van der Waals surface area contributed by atoms with Crippen LogP contribution in [-0.4, -0.2) is 12.3 Å². The van der Waals surface area contributed by atoms with Crippen LogP contribution in [0.2, 0.25) is 0 Å². The van der Waals surface area contributed by atoms with E-state index in [9.17, 15) is 0 Å². The van der Waals surface area contributed by atoms with E-state index in [4.69, 9.17) is 5.73 Å². The Balaban J connectivity index is 2.89. The van der Waals surface area contributed by atoms with Crippen molar-refractivity contribution in [1.82, 2.24) is 0 Å². The molecule has 1 unspecified atom stereocenters. The minimum absolute atomic E-state index is 0.264. The standard InChI is InChI=1S/C11H17NS3/c12-7-6-10(8-13)11(14,15)9-4-2-1-3-5-9/h1-5,10,13-15H,6-8,12H2. The second-order valence-corrected chi connectivity index (χ2v) is 5.68. The molecule has 0 aliphatic carbocycles. The summed E-state index contributed by atoms with van der Waals surface area (Å²) in [6.45, 7) is 0.640. The van der Waals surface area contributed by atoms with Gasteiger partial charge in [-0.3, -0.25) is 0 Å². The van der Waals surface area contributed by atoms with Gasteiger partial charge in [0.15, 0.2) is 0 Å². The third-order valence-electron chi connectivity index (χ3n) is 2.50. The highest BCUT2D eigenvalue weighted by molar-refractivity contribution is 7.99. The average Bonchev–Trinajstić information content (AvgIpc) is 2.27. The lowest BCUT2D eigenvalue weighted by Crippen LogP contribution is -2.27. The molecule has 0 fully saturated rings. The third kappa shape index (κ3) is 3.34. The highest BCUT2D eigenvalue weighted by atomic mass is 32.2. The van der Waals surface area contributed by atoms with Crippen LogP contribution in [0, 0.1) is 5.92 Å². The number of nitrogens with two attached hydrogens (primary N) is 1. The number of thiol groups is 3. The highest BCUT2D eigenvalue weighted by Crippen LogP contribution is 2.42. The van der Waals surface area contributed by atoms with Crippen LogP contribution in [0.25, 0.3) is 0 Å². The van der Waals surface area contributed by atoms with Crippen molar-refractivity contribution < 1.29 is 0 Å². The zero-order valence-corrected chi connectivity index (χ0v) is 11.2. The average molecular weight is 259 g/mol. The molecule has 4 heteroatoms. The summed E-state index contributed by atoms with van der Waals surface area (Å²) < 4.78 is -0.456. The van der Waals surface area contributed by atoms with Crippen LogP contribution in [0.15, 0.2) is 30.3 Å². The summed E-state index contributed by atoms with van der Waals surface area (Å²) >= 11 is 13.6. The Morgan fingerprint density at radius 1 is 1.20 bits per heavy atom. The first-order valence-corrected chi connectivity index (χ1v) is 6.46. The number of rotatable bonds is 5. The zero-order valence-electron chi connectivity index (χ0n) is 8.50. The Morgan fingerprint density at radius 3 is 2.27 bits per heavy atom. The van der Waals surface area contributed by atoms with E-state index >= 15 is 0 Å². The molecule has 15 heavy (non-hydrogen) atoms. The fraction of sp³-hybridized carbons (Fsp3) is 0.455. The van der Waals surface area contributed by atoms with Crippen LogP contribution >= 0.6 is 37.9 Å². The lowest BCUT2D eigenvalue weighted by Gasteiger charge is -2.31. The maximum absolute atomic E-state index is 5.58. The molecule has 84 valence electrons. The first kappa shape index (κ1) is 13.3. The number of hydrogen-bond donors (Lipinski definition) is 4. The first-order chi connectivity index (χ1) is 7.12. The quantitative estimate of drug-likeness (QED) is 0.475. The van der Waals surface area contributed by atoms with E-state index in [1.807, 2.05) is 30.3 Å². The Bertz CT molecular complexity index is 287. The summed E-state index contributed by atoms with van der Waals surface area (Å²) in [5.41, 5.74) is 6.68. The van der Waals surface area contributed by atoms with Crippen LogP contribution in [0.1, 0.15) is 12.0 Å². The van der Waals surface area contributed by atoms with Gasteiger partial charge in [0.2, 0.25) is 0 Å². The maximum atomic E-state index is 5.58. The molecule has 0 aliphatic rings. The molecule has 0 heterocycles. The van der Waals surface area contributed by atoms with Crippen LogP contribution in [0.5, 0.6) is 0 Å². The summed E-state index contributed by atoms with van der Waals surface area (Å²) in [6.07, 6.45) is 0.880. The molecule has 0 radical (unpaired) electrons. The smallest absolute Gasteiger partial charge is 0.0838 e. The number of hydrogen-bond acceptors (Lipinski definition) is 4. The predicted octanol–water partition coefficient (Wildman–Crippen LogP) is 2.59. The molecule has 0 spiro atoms. The Hall–Kier alpha value is 0.230. The molecule has 0 aromatic heterocycles. The van der Waals surface area contributed by atoms with Crippen molar-refractivity contribution in [2.24, 2.45) is 11.7 Å². The molecule has 0 aliphatic heterocycles. The molecule has 1 atom stereocenters.